The molecule has 1 N–H and O–H groups in total. The molecule has 2 nitrogen and oxygen atoms in total. The number of para-hydroxylation sites is 2. The van der Waals surface area contributed by atoms with Gasteiger partial charge in [0.1, 0.15) is 5.75 Å². The molecule has 2 rings (SSSR count). The number of benzene rings is 2. The van der Waals surface area contributed by atoms with E-state index < -0.39 is 8.07 Å². The minimum absolute atomic E-state index is 0.376. The monoisotopic (exact) mass is 269 g/mol. The van der Waals surface area contributed by atoms with E-state index >= 15 is 0 Å². The van der Waals surface area contributed by atoms with Crippen molar-refractivity contribution in [3.8, 4) is 5.75 Å². The first-order valence-corrected chi connectivity index (χ1v) is 9.90. The number of hydrogen-bond donors (Lipinski definition) is 1. The third-order valence-electron chi connectivity index (χ3n) is 2.98. The minimum atomic E-state index is -1.53. The number of phenolic OH excluding ortho intramolecular Hbond substituents is 1. The molecular formula is C16H19NOSi. The highest BCUT2D eigenvalue weighted by molar-refractivity contribution is 6.89. The largest absolute Gasteiger partial charge is 0.507 e. The zero-order chi connectivity index (χ0) is 13.9. The van der Waals surface area contributed by atoms with Gasteiger partial charge in [-0.25, -0.2) is 0 Å². The molecule has 0 aliphatic rings. The lowest BCUT2D eigenvalue weighted by Gasteiger charge is -2.18. The van der Waals surface area contributed by atoms with E-state index in [-0.39, 0.29) is 0 Å². The fourth-order valence-corrected chi connectivity index (χ4v) is 3.38. The first kappa shape index (κ1) is 13.6. The van der Waals surface area contributed by atoms with E-state index in [1.807, 2.05) is 48.5 Å². The first-order valence-electron chi connectivity index (χ1n) is 6.40. The summed E-state index contributed by atoms with van der Waals surface area (Å²) >= 11 is 0. The predicted molar refractivity (Wildman–Crippen MR) is 84.8 cm³/mol. The van der Waals surface area contributed by atoms with Crippen molar-refractivity contribution >= 4 is 25.2 Å². The Morgan fingerprint density at radius 1 is 0.947 bits per heavy atom. The van der Waals surface area contributed by atoms with Crippen LogP contribution in [0.15, 0.2) is 53.5 Å². The van der Waals surface area contributed by atoms with E-state index in [1.165, 1.54) is 0 Å². The molecule has 2 aromatic carbocycles. The van der Waals surface area contributed by atoms with Gasteiger partial charge in [0, 0.05) is 11.8 Å². The van der Waals surface area contributed by atoms with Crippen LogP contribution < -0.4 is 5.19 Å². The van der Waals surface area contributed by atoms with Gasteiger partial charge in [0.05, 0.1) is 13.8 Å². The molecule has 0 saturated heterocycles. The van der Waals surface area contributed by atoms with Crippen LogP contribution in [0.2, 0.25) is 19.6 Å². The smallest absolute Gasteiger partial charge is 0.123 e. The quantitative estimate of drug-likeness (QED) is 0.669. The van der Waals surface area contributed by atoms with Crippen molar-refractivity contribution in [1.82, 2.24) is 0 Å². The molecule has 19 heavy (non-hydrogen) atoms. The second-order valence-electron chi connectivity index (χ2n) is 5.59. The molecule has 0 heterocycles. The number of aliphatic imine (C=N–C) groups is 1. The Kier molecular flexibility index (Phi) is 3.86. The maximum absolute atomic E-state index is 10.3. The van der Waals surface area contributed by atoms with Crippen molar-refractivity contribution < 1.29 is 5.11 Å². The van der Waals surface area contributed by atoms with Crippen LogP contribution in [0.25, 0.3) is 0 Å². The number of nitrogens with zero attached hydrogens (tertiary/aromatic N) is 1. The van der Waals surface area contributed by atoms with E-state index in [0.29, 0.717) is 5.75 Å². The average Bonchev–Trinajstić information content (AvgIpc) is 2.37. The lowest BCUT2D eigenvalue weighted by Crippen LogP contribution is -2.37. The van der Waals surface area contributed by atoms with Gasteiger partial charge in [-0.15, -0.1) is 0 Å². The summed E-state index contributed by atoms with van der Waals surface area (Å²) in [5.41, 5.74) is 1.67. The molecule has 0 aromatic heterocycles. The number of aromatic hydroxyl groups is 1. The lowest BCUT2D eigenvalue weighted by atomic mass is 10.2. The Morgan fingerprint density at radius 3 is 2.26 bits per heavy atom. The third-order valence-corrected chi connectivity index (χ3v) is 5.00. The fourth-order valence-electron chi connectivity index (χ4n) is 1.93. The van der Waals surface area contributed by atoms with Gasteiger partial charge in [-0.2, -0.15) is 0 Å². The molecule has 0 saturated carbocycles. The number of rotatable bonds is 3. The SMILES string of the molecule is C[Si](C)(C)c1cccc(C=Nc2ccccc2)c1O. The zero-order valence-electron chi connectivity index (χ0n) is 11.6. The summed E-state index contributed by atoms with van der Waals surface area (Å²) in [5, 5.41) is 11.4. The van der Waals surface area contributed by atoms with Gasteiger partial charge < -0.3 is 5.11 Å². The van der Waals surface area contributed by atoms with Crippen LogP contribution in [0.5, 0.6) is 5.75 Å². The Labute approximate surface area is 115 Å². The average molecular weight is 269 g/mol. The Morgan fingerprint density at radius 2 is 1.63 bits per heavy atom. The van der Waals surface area contributed by atoms with Gasteiger partial charge in [0.15, 0.2) is 0 Å². The number of hydrogen-bond acceptors (Lipinski definition) is 2. The van der Waals surface area contributed by atoms with Crippen LogP contribution in [0.1, 0.15) is 5.56 Å². The van der Waals surface area contributed by atoms with Crippen molar-refractivity contribution in [3.63, 3.8) is 0 Å². The maximum Gasteiger partial charge on any atom is 0.123 e. The van der Waals surface area contributed by atoms with E-state index in [2.05, 4.69) is 24.6 Å². The van der Waals surface area contributed by atoms with E-state index in [0.717, 1.165) is 16.4 Å². The summed E-state index contributed by atoms with van der Waals surface area (Å²) in [7, 11) is -1.53. The lowest BCUT2D eigenvalue weighted by molar-refractivity contribution is 0.478. The topological polar surface area (TPSA) is 32.6 Å². The summed E-state index contributed by atoms with van der Waals surface area (Å²) in [6.45, 7) is 6.67. The van der Waals surface area contributed by atoms with Gasteiger partial charge in [-0.3, -0.25) is 4.99 Å². The second kappa shape index (κ2) is 5.41. The van der Waals surface area contributed by atoms with Crippen molar-refractivity contribution in [1.29, 1.82) is 0 Å². The predicted octanol–water partition coefficient (Wildman–Crippen LogP) is 3.69. The highest BCUT2D eigenvalue weighted by Gasteiger charge is 2.21. The van der Waals surface area contributed by atoms with Gasteiger partial charge in [0.25, 0.3) is 0 Å². The molecule has 0 spiro atoms. The van der Waals surface area contributed by atoms with E-state index in [4.69, 9.17) is 0 Å². The van der Waals surface area contributed by atoms with Crippen molar-refractivity contribution in [2.45, 2.75) is 19.6 Å². The van der Waals surface area contributed by atoms with Crippen LogP contribution in [0.4, 0.5) is 5.69 Å². The summed E-state index contributed by atoms with van der Waals surface area (Å²) in [6, 6.07) is 15.6. The fraction of sp³-hybridized carbons (Fsp3) is 0.188. The Balaban J connectivity index is 2.34. The molecule has 0 amide bonds. The molecular weight excluding hydrogens is 250 g/mol. The van der Waals surface area contributed by atoms with Gasteiger partial charge in [-0.1, -0.05) is 50.0 Å². The van der Waals surface area contributed by atoms with E-state index in [9.17, 15) is 5.11 Å². The van der Waals surface area contributed by atoms with Crippen LogP contribution >= 0.6 is 0 Å². The minimum Gasteiger partial charge on any atom is -0.507 e. The highest BCUT2D eigenvalue weighted by Crippen LogP contribution is 2.18. The van der Waals surface area contributed by atoms with Gasteiger partial charge >= 0.3 is 0 Å². The van der Waals surface area contributed by atoms with E-state index in [1.54, 1.807) is 6.21 Å². The highest BCUT2D eigenvalue weighted by atomic mass is 28.3. The molecule has 0 unspecified atom stereocenters. The second-order valence-corrected chi connectivity index (χ2v) is 10.6. The van der Waals surface area contributed by atoms with Crippen molar-refractivity contribution in [2.75, 3.05) is 0 Å². The van der Waals surface area contributed by atoms with Gasteiger partial charge in [-0.05, 0) is 23.4 Å². The Hall–Kier alpha value is -1.87. The van der Waals surface area contributed by atoms with Crippen LogP contribution in [0, 0.1) is 0 Å². The molecule has 2 aromatic rings. The van der Waals surface area contributed by atoms with Crippen LogP contribution in [-0.2, 0) is 0 Å². The third kappa shape index (κ3) is 3.32. The zero-order valence-corrected chi connectivity index (χ0v) is 12.6. The van der Waals surface area contributed by atoms with Crippen LogP contribution in [0.3, 0.4) is 0 Å². The molecule has 0 aliphatic carbocycles. The maximum atomic E-state index is 10.3. The summed E-state index contributed by atoms with van der Waals surface area (Å²) < 4.78 is 0. The standard InChI is InChI=1S/C16H19NOSi/c1-19(2,3)15-11-7-8-13(16(15)18)12-17-14-9-5-4-6-10-14/h4-12,18H,1-3H3. The summed E-state index contributed by atoms with van der Waals surface area (Å²) in [6.07, 6.45) is 1.73. The molecule has 0 bridgehead atoms. The van der Waals surface area contributed by atoms with Crippen molar-refractivity contribution in [2.24, 2.45) is 4.99 Å². The molecule has 3 heteroatoms. The molecule has 0 aliphatic heterocycles. The first-order chi connectivity index (χ1) is 8.98. The molecule has 98 valence electrons. The molecule has 0 fully saturated rings. The van der Waals surface area contributed by atoms with Crippen molar-refractivity contribution in [3.05, 3.63) is 54.1 Å². The number of phenols is 1. The molecule has 0 radical (unpaired) electrons. The Bertz CT molecular complexity index is 585. The van der Waals surface area contributed by atoms with Gasteiger partial charge in [0.2, 0.25) is 0 Å². The molecule has 0 atom stereocenters. The van der Waals surface area contributed by atoms with Crippen LogP contribution in [-0.4, -0.2) is 19.4 Å². The normalized spacial score (nSPS) is 11.9. The summed E-state index contributed by atoms with van der Waals surface area (Å²) in [5.74, 6) is 0.376. The summed E-state index contributed by atoms with van der Waals surface area (Å²) in [4.78, 5) is 4.39.